The van der Waals surface area contributed by atoms with Gasteiger partial charge in [0, 0.05) is 6.54 Å². The molecule has 0 saturated carbocycles. The average Bonchev–Trinajstić information content (AvgIpc) is 2.25. The van der Waals surface area contributed by atoms with Crippen molar-refractivity contribution in [2.24, 2.45) is 10.1 Å². The van der Waals surface area contributed by atoms with Gasteiger partial charge in [0.2, 0.25) is 0 Å². The Morgan fingerprint density at radius 1 is 1.50 bits per heavy atom. The molecule has 1 rings (SSSR count). The Morgan fingerprint density at radius 3 is 2.58 bits per heavy atom. The number of hydrogen-bond acceptors (Lipinski definition) is 5. The van der Waals surface area contributed by atoms with Crippen molar-refractivity contribution in [3.63, 3.8) is 0 Å². The van der Waals surface area contributed by atoms with Crippen molar-refractivity contribution in [2.45, 2.75) is 25.5 Å². The summed E-state index contributed by atoms with van der Waals surface area (Å²) >= 11 is 3.10. The van der Waals surface area contributed by atoms with E-state index < -0.39 is 0 Å². The van der Waals surface area contributed by atoms with Crippen molar-refractivity contribution in [3.05, 3.63) is 0 Å². The molecule has 0 aliphatic carbocycles. The lowest BCUT2D eigenvalue weighted by Gasteiger charge is -2.12. The number of hydrogen-bond donors (Lipinski definition) is 1. The third kappa shape index (κ3) is 1.95. The fourth-order valence-electron chi connectivity index (χ4n) is 0.823. The van der Waals surface area contributed by atoms with Gasteiger partial charge in [-0.2, -0.15) is 0 Å². The Morgan fingerprint density at radius 2 is 2.17 bits per heavy atom. The summed E-state index contributed by atoms with van der Waals surface area (Å²) in [5.74, 6) is 0. The van der Waals surface area contributed by atoms with Gasteiger partial charge in [0.1, 0.15) is 9.42 Å². The molecule has 0 aromatic rings. The first kappa shape index (κ1) is 9.92. The number of aliphatic imine (C=N–C) groups is 1. The van der Waals surface area contributed by atoms with E-state index in [1.54, 1.807) is 11.8 Å². The Bertz CT molecular complexity index is 236. The highest BCUT2D eigenvalue weighted by Crippen LogP contribution is 2.43. The number of oxime groups is 1. The molecule has 0 atom stereocenters. The highest BCUT2D eigenvalue weighted by molar-refractivity contribution is 8.50. The molecular weight excluding hydrogens is 192 g/mol. The van der Waals surface area contributed by atoms with E-state index in [4.69, 9.17) is 5.21 Å². The monoisotopic (exact) mass is 204 g/mol. The van der Waals surface area contributed by atoms with Gasteiger partial charge in [0.15, 0.2) is 0 Å². The lowest BCUT2D eigenvalue weighted by molar-refractivity contribution is 0.319. The van der Waals surface area contributed by atoms with Crippen molar-refractivity contribution in [3.8, 4) is 0 Å². The highest BCUT2D eigenvalue weighted by atomic mass is 32.2. The summed E-state index contributed by atoms with van der Waals surface area (Å²) in [4.78, 5) is 4.27. The Hall–Kier alpha value is -0.160. The maximum Gasteiger partial charge on any atom is 0.135 e. The zero-order valence-corrected chi connectivity index (χ0v) is 9.00. The van der Waals surface area contributed by atoms with Crippen LogP contribution >= 0.6 is 23.5 Å². The smallest absolute Gasteiger partial charge is 0.135 e. The molecular formula is C7H12N2OS2. The van der Waals surface area contributed by atoms with Gasteiger partial charge >= 0.3 is 0 Å². The van der Waals surface area contributed by atoms with Crippen molar-refractivity contribution in [2.75, 3.05) is 6.54 Å². The van der Waals surface area contributed by atoms with Crippen LogP contribution in [0.3, 0.4) is 0 Å². The summed E-state index contributed by atoms with van der Waals surface area (Å²) < 4.78 is 0.878. The predicted octanol–water partition coefficient (Wildman–Crippen LogP) is 2.41. The van der Waals surface area contributed by atoms with Crippen molar-refractivity contribution in [1.29, 1.82) is 0 Å². The summed E-state index contributed by atoms with van der Waals surface area (Å²) in [6.45, 7) is 6.83. The molecule has 1 aliphatic rings. The molecule has 1 heterocycles. The van der Waals surface area contributed by atoms with Crippen molar-refractivity contribution >= 4 is 32.9 Å². The topological polar surface area (TPSA) is 45.0 Å². The minimum absolute atomic E-state index is 0.118. The molecule has 1 fully saturated rings. The fraction of sp³-hybridized carbons (Fsp3) is 0.714. The van der Waals surface area contributed by atoms with Crippen LogP contribution in [-0.2, 0) is 0 Å². The molecule has 0 unspecified atom stereocenters. The van der Waals surface area contributed by atoms with Crippen LogP contribution in [-0.4, -0.2) is 25.9 Å². The number of thioether (sulfide) groups is 2. The Balaban J connectivity index is 2.81. The minimum Gasteiger partial charge on any atom is -0.410 e. The summed E-state index contributed by atoms with van der Waals surface area (Å²) in [6.07, 6.45) is 0. The molecule has 0 amide bonds. The zero-order valence-electron chi connectivity index (χ0n) is 7.37. The number of nitrogens with zero attached hydrogens (tertiary/aromatic N) is 2. The fourth-order valence-corrected chi connectivity index (χ4v) is 3.51. The molecule has 3 nitrogen and oxygen atoms in total. The second-order valence-corrected chi connectivity index (χ2v) is 5.71. The molecule has 12 heavy (non-hydrogen) atoms. The molecule has 0 aromatic carbocycles. The van der Waals surface area contributed by atoms with Gasteiger partial charge in [-0.1, -0.05) is 16.9 Å². The van der Waals surface area contributed by atoms with Gasteiger partial charge in [0.05, 0.1) is 4.75 Å². The lowest BCUT2D eigenvalue weighted by atomic mass is 10.2. The maximum absolute atomic E-state index is 8.69. The largest absolute Gasteiger partial charge is 0.410 e. The second-order valence-electron chi connectivity index (χ2n) is 2.86. The summed E-state index contributed by atoms with van der Waals surface area (Å²) in [5.41, 5.74) is 0. The molecule has 0 bridgehead atoms. The average molecular weight is 204 g/mol. The van der Waals surface area contributed by atoms with E-state index in [1.165, 1.54) is 11.8 Å². The molecule has 5 heteroatoms. The van der Waals surface area contributed by atoms with Crippen LogP contribution in [0.4, 0.5) is 0 Å². The minimum atomic E-state index is -0.118. The van der Waals surface area contributed by atoms with E-state index in [0.29, 0.717) is 0 Å². The van der Waals surface area contributed by atoms with Gasteiger partial charge in [-0.15, -0.1) is 0 Å². The SMILES string of the molecule is CCN=C1SC(=NO)C(C)(C)S1. The van der Waals surface area contributed by atoms with E-state index in [-0.39, 0.29) is 4.75 Å². The van der Waals surface area contributed by atoms with E-state index in [2.05, 4.69) is 10.1 Å². The molecule has 0 aromatic heterocycles. The Labute approximate surface area is 80.7 Å². The molecule has 1 aliphatic heterocycles. The lowest BCUT2D eigenvalue weighted by Crippen LogP contribution is -2.19. The second kappa shape index (κ2) is 3.70. The van der Waals surface area contributed by atoms with Gasteiger partial charge < -0.3 is 5.21 Å². The summed E-state index contributed by atoms with van der Waals surface area (Å²) in [6, 6.07) is 0. The Kier molecular flexibility index (Phi) is 3.06. The van der Waals surface area contributed by atoms with E-state index in [9.17, 15) is 0 Å². The van der Waals surface area contributed by atoms with Crippen LogP contribution in [0.1, 0.15) is 20.8 Å². The van der Waals surface area contributed by atoms with Crippen LogP contribution in [0.5, 0.6) is 0 Å². The first-order chi connectivity index (χ1) is 5.60. The van der Waals surface area contributed by atoms with Crippen LogP contribution in [0.25, 0.3) is 0 Å². The first-order valence-electron chi connectivity index (χ1n) is 3.74. The normalized spacial score (nSPS) is 28.6. The van der Waals surface area contributed by atoms with Gasteiger partial charge in [-0.3, -0.25) is 4.99 Å². The third-order valence-electron chi connectivity index (χ3n) is 1.42. The molecule has 1 saturated heterocycles. The van der Waals surface area contributed by atoms with E-state index in [0.717, 1.165) is 16.0 Å². The molecule has 68 valence electrons. The molecule has 1 N–H and O–H groups in total. The summed E-state index contributed by atoms with van der Waals surface area (Å²) in [7, 11) is 0. The van der Waals surface area contributed by atoms with Crippen LogP contribution in [0.15, 0.2) is 10.1 Å². The van der Waals surface area contributed by atoms with Crippen LogP contribution < -0.4 is 0 Å². The number of rotatable bonds is 1. The van der Waals surface area contributed by atoms with Crippen molar-refractivity contribution in [1.82, 2.24) is 0 Å². The predicted molar refractivity (Wildman–Crippen MR) is 56.5 cm³/mol. The third-order valence-corrected chi connectivity index (χ3v) is 4.15. The maximum atomic E-state index is 8.69. The van der Waals surface area contributed by atoms with Crippen molar-refractivity contribution < 1.29 is 5.21 Å². The van der Waals surface area contributed by atoms with Crippen LogP contribution in [0, 0.1) is 0 Å². The first-order valence-corrected chi connectivity index (χ1v) is 5.37. The van der Waals surface area contributed by atoms with Gasteiger partial charge in [-0.25, -0.2) is 0 Å². The highest BCUT2D eigenvalue weighted by Gasteiger charge is 2.37. The van der Waals surface area contributed by atoms with Gasteiger partial charge in [-0.05, 0) is 32.5 Å². The summed E-state index contributed by atoms with van der Waals surface area (Å²) in [5, 5.41) is 12.7. The van der Waals surface area contributed by atoms with E-state index >= 15 is 0 Å². The van der Waals surface area contributed by atoms with Crippen LogP contribution in [0.2, 0.25) is 0 Å². The van der Waals surface area contributed by atoms with E-state index in [1.807, 2.05) is 20.8 Å². The quantitative estimate of drug-likeness (QED) is 0.527. The zero-order chi connectivity index (χ0) is 9.19. The molecule has 0 radical (unpaired) electrons. The molecule has 0 spiro atoms. The van der Waals surface area contributed by atoms with Gasteiger partial charge in [0.25, 0.3) is 0 Å². The standard InChI is InChI=1S/C7H12N2OS2/c1-4-8-6-11-5(9-10)7(2,3)12-6/h10H,4H2,1-3H3.